The molecule has 1 fully saturated rings. The van der Waals surface area contributed by atoms with Crippen LogP contribution in [0.15, 0.2) is 91.0 Å². The average molecular weight is 505 g/mol. The second-order valence-corrected chi connectivity index (χ2v) is 14.2. The molecule has 1 atom stereocenters. The molecule has 4 rings (SSSR count). The molecule has 36 heavy (non-hydrogen) atoms. The summed E-state index contributed by atoms with van der Waals surface area (Å²) in [5, 5.41) is -0.0905. The van der Waals surface area contributed by atoms with E-state index in [9.17, 15) is 9.59 Å². The van der Waals surface area contributed by atoms with E-state index in [1.807, 2.05) is 66.7 Å². The SMILES string of the molecule is CC(=O)OP1(OC(C)=O)(c2ccccc2)CCCCCCC(C)C1(c1ccccc1)c1ccccc1. The van der Waals surface area contributed by atoms with Crippen LogP contribution < -0.4 is 5.30 Å². The van der Waals surface area contributed by atoms with Crippen molar-refractivity contribution in [3.63, 3.8) is 0 Å². The van der Waals surface area contributed by atoms with Gasteiger partial charge in [-0.3, -0.25) is 0 Å². The molecule has 3 aromatic rings. The first kappa shape index (κ1) is 26.1. The number of rotatable bonds is 5. The Morgan fingerprint density at radius 3 is 1.61 bits per heavy atom. The van der Waals surface area contributed by atoms with Crippen molar-refractivity contribution in [1.82, 2.24) is 0 Å². The van der Waals surface area contributed by atoms with Crippen LogP contribution in [-0.2, 0) is 23.8 Å². The third-order valence-corrected chi connectivity index (χ3v) is 13.9. The van der Waals surface area contributed by atoms with Crippen molar-refractivity contribution >= 4 is 24.3 Å². The molecule has 0 bridgehead atoms. The number of benzene rings is 3. The first-order chi connectivity index (χ1) is 17.4. The van der Waals surface area contributed by atoms with Crippen molar-refractivity contribution in [1.29, 1.82) is 0 Å². The molecule has 0 spiro atoms. The fraction of sp³-hybridized carbons (Fsp3) is 0.355. The van der Waals surface area contributed by atoms with Crippen molar-refractivity contribution in [2.45, 2.75) is 58.0 Å². The van der Waals surface area contributed by atoms with Gasteiger partial charge in [-0.15, -0.1) is 0 Å². The van der Waals surface area contributed by atoms with Gasteiger partial charge in [0.05, 0.1) is 0 Å². The van der Waals surface area contributed by atoms with Crippen LogP contribution in [0.5, 0.6) is 0 Å². The van der Waals surface area contributed by atoms with Gasteiger partial charge in [0.15, 0.2) is 0 Å². The topological polar surface area (TPSA) is 52.6 Å². The Hall–Kier alpha value is -2.97. The standard InChI is InChI=1S/C31H37O4P/c1-25-17-9-4-5-16-24-36(34-26(2)32,35-27(3)33,30-22-14-8-15-23-30)31(25,28-18-10-6-11-19-28)29-20-12-7-13-21-29/h6-8,10-15,18-23,25H,4-5,9,16-17,24H2,1-3H3. The van der Waals surface area contributed by atoms with E-state index in [1.165, 1.54) is 13.8 Å². The van der Waals surface area contributed by atoms with E-state index in [-0.39, 0.29) is 5.92 Å². The predicted molar refractivity (Wildman–Crippen MR) is 147 cm³/mol. The van der Waals surface area contributed by atoms with E-state index >= 15 is 0 Å². The van der Waals surface area contributed by atoms with Crippen LogP contribution in [0.2, 0.25) is 0 Å². The van der Waals surface area contributed by atoms with E-state index in [0.717, 1.165) is 48.5 Å². The van der Waals surface area contributed by atoms with Crippen molar-refractivity contribution in [2.24, 2.45) is 5.92 Å². The van der Waals surface area contributed by atoms with Crippen molar-refractivity contribution in [3.8, 4) is 0 Å². The molecular weight excluding hydrogens is 467 g/mol. The van der Waals surface area contributed by atoms with Gasteiger partial charge in [-0.1, -0.05) is 0 Å². The summed E-state index contributed by atoms with van der Waals surface area (Å²) in [5.41, 5.74) is 2.02. The van der Waals surface area contributed by atoms with Gasteiger partial charge in [0.25, 0.3) is 0 Å². The number of hydrogen-bond donors (Lipinski definition) is 0. The van der Waals surface area contributed by atoms with E-state index in [2.05, 4.69) is 31.2 Å². The molecule has 4 nitrogen and oxygen atoms in total. The molecule has 0 saturated carbocycles. The van der Waals surface area contributed by atoms with E-state index in [0.29, 0.717) is 6.16 Å². The Morgan fingerprint density at radius 1 is 0.694 bits per heavy atom. The second-order valence-electron chi connectivity index (χ2n) is 9.95. The van der Waals surface area contributed by atoms with Gasteiger partial charge >= 0.3 is 215 Å². The van der Waals surface area contributed by atoms with Crippen molar-refractivity contribution < 1.29 is 18.6 Å². The quantitative estimate of drug-likeness (QED) is 0.341. The Bertz CT molecular complexity index is 1120. The molecule has 0 aliphatic carbocycles. The summed E-state index contributed by atoms with van der Waals surface area (Å²) in [6.45, 7) is 5.13. The molecule has 1 unspecified atom stereocenters. The zero-order chi connectivity index (χ0) is 25.7. The molecule has 3 aromatic carbocycles. The third kappa shape index (κ3) is 4.16. The summed E-state index contributed by atoms with van der Waals surface area (Å²) >= 11 is 0. The van der Waals surface area contributed by atoms with Crippen molar-refractivity contribution in [2.75, 3.05) is 6.16 Å². The Morgan fingerprint density at radius 2 is 1.14 bits per heavy atom. The van der Waals surface area contributed by atoms with Gasteiger partial charge in [-0.2, -0.15) is 0 Å². The van der Waals surface area contributed by atoms with Crippen LogP contribution in [0.3, 0.4) is 0 Å². The van der Waals surface area contributed by atoms with Gasteiger partial charge in [-0.25, -0.2) is 0 Å². The third-order valence-electron chi connectivity index (χ3n) is 7.73. The number of carbonyl (C=O) groups excluding carboxylic acids is 2. The zero-order valence-corrected chi connectivity index (χ0v) is 22.5. The van der Waals surface area contributed by atoms with Crippen molar-refractivity contribution in [3.05, 3.63) is 102 Å². The van der Waals surface area contributed by atoms with Gasteiger partial charge in [0.1, 0.15) is 0 Å². The summed E-state index contributed by atoms with van der Waals surface area (Å²) in [6.07, 6.45) is 5.32. The summed E-state index contributed by atoms with van der Waals surface area (Å²) in [6, 6.07) is 30.4. The van der Waals surface area contributed by atoms with E-state index in [4.69, 9.17) is 9.05 Å². The van der Waals surface area contributed by atoms with Gasteiger partial charge in [0.2, 0.25) is 0 Å². The van der Waals surface area contributed by atoms with Gasteiger partial charge in [0, 0.05) is 0 Å². The Balaban J connectivity index is 2.32. The van der Waals surface area contributed by atoms with E-state index in [1.54, 1.807) is 0 Å². The summed E-state index contributed by atoms with van der Waals surface area (Å²) in [5.74, 6) is -0.849. The first-order valence-electron chi connectivity index (χ1n) is 13.0. The van der Waals surface area contributed by atoms with Gasteiger partial charge in [-0.05, 0) is 0 Å². The molecular formula is C31H37O4P. The molecule has 1 aliphatic rings. The monoisotopic (exact) mass is 504 g/mol. The molecule has 0 N–H and O–H groups in total. The van der Waals surface area contributed by atoms with E-state index < -0.39 is 24.2 Å². The van der Waals surface area contributed by atoms with Crippen LogP contribution in [0.4, 0.5) is 0 Å². The van der Waals surface area contributed by atoms with Crippen LogP contribution in [0.25, 0.3) is 0 Å². The fourth-order valence-corrected chi connectivity index (χ4v) is 13.4. The summed E-state index contributed by atoms with van der Waals surface area (Å²) < 4.78 is 13.6. The normalized spacial score (nSPS) is 21.9. The first-order valence-corrected chi connectivity index (χ1v) is 15.2. The molecule has 5 heteroatoms. The predicted octanol–water partition coefficient (Wildman–Crippen LogP) is 7.37. The van der Waals surface area contributed by atoms with Crippen LogP contribution in [0.1, 0.15) is 64.0 Å². The summed E-state index contributed by atoms with van der Waals surface area (Å²) in [4.78, 5) is 26.5. The maximum absolute atomic E-state index is 13.2. The van der Waals surface area contributed by atoms with Crippen LogP contribution >= 0.6 is 7.06 Å². The maximum atomic E-state index is 13.2. The molecule has 1 saturated heterocycles. The Kier molecular flexibility index (Phi) is 7.66. The fourth-order valence-electron chi connectivity index (χ4n) is 6.64. The molecule has 0 amide bonds. The molecule has 1 heterocycles. The summed E-state index contributed by atoms with van der Waals surface area (Å²) in [7, 11) is -4.41. The zero-order valence-electron chi connectivity index (χ0n) is 21.6. The molecule has 0 radical (unpaired) electrons. The number of hydrogen-bond acceptors (Lipinski definition) is 4. The van der Waals surface area contributed by atoms with Gasteiger partial charge < -0.3 is 0 Å². The molecule has 190 valence electrons. The minimum atomic E-state index is -4.41. The average Bonchev–Trinajstić information content (AvgIpc) is 2.93. The van der Waals surface area contributed by atoms with Crippen LogP contribution in [-0.4, -0.2) is 18.1 Å². The minimum absolute atomic E-state index is 0.0111. The molecule has 1 aliphatic heterocycles. The second kappa shape index (κ2) is 10.6. The Labute approximate surface area is 215 Å². The molecule has 0 aromatic heterocycles. The number of carbonyl (C=O) groups is 2. The van der Waals surface area contributed by atoms with Crippen LogP contribution in [0, 0.1) is 5.92 Å².